The van der Waals surface area contributed by atoms with Crippen LogP contribution in [0, 0.1) is 0 Å². The van der Waals surface area contributed by atoms with Crippen molar-refractivity contribution in [3.05, 3.63) is 33.2 Å². The van der Waals surface area contributed by atoms with Gasteiger partial charge in [-0.3, -0.25) is 4.79 Å². The summed E-state index contributed by atoms with van der Waals surface area (Å²) in [6.07, 6.45) is 3.60. The number of nitrogens with one attached hydrogen (secondary N) is 1. The van der Waals surface area contributed by atoms with Gasteiger partial charge in [0.1, 0.15) is 4.88 Å². The molecule has 0 fully saturated rings. The van der Waals surface area contributed by atoms with Crippen LogP contribution >= 0.6 is 11.3 Å². The normalized spacial score (nSPS) is 20.2. The third-order valence-electron chi connectivity index (χ3n) is 3.98. The number of esters is 1. The number of dihydropyridines is 1. The lowest BCUT2D eigenvalue weighted by atomic mass is 10.0. The minimum atomic E-state index is -0.299. The quantitative estimate of drug-likeness (QED) is 0.801. The van der Waals surface area contributed by atoms with E-state index >= 15 is 0 Å². The molecule has 122 valence electrons. The lowest BCUT2D eigenvalue weighted by molar-refractivity contribution is -0.114. The molecule has 0 spiro atoms. The van der Waals surface area contributed by atoms with Crippen molar-refractivity contribution in [3.8, 4) is 0 Å². The van der Waals surface area contributed by atoms with Crippen molar-refractivity contribution in [2.45, 2.75) is 38.3 Å². The largest absolute Gasteiger partial charge is 0.465 e. The van der Waals surface area contributed by atoms with E-state index < -0.39 is 0 Å². The lowest BCUT2D eigenvalue weighted by Crippen LogP contribution is -2.31. The highest BCUT2D eigenvalue weighted by molar-refractivity contribution is 7.13. The minimum absolute atomic E-state index is 0.147. The van der Waals surface area contributed by atoms with Gasteiger partial charge in [-0.25, -0.2) is 9.79 Å². The Hall–Kier alpha value is -1.99. The van der Waals surface area contributed by atoms with Crippen LogP contribution in [0.25, 0.3) is 0 Å². The Morgan fingerprint density at radius 1 is 1.48 bits per heavy atom. The van der Waals surface area contributed by atoms with E-state index in [1.54, 1.807) is 6.07 Å². The SMILES string of the molecule is COC(=O)c1ccc(CCCC2=NC(=O)C3=C(C2)NC(N)C3)s1. The number of carbonyl (C=O) groups excluding carboxylic acids is 2. The van der Waals surface area contributed by atoms with Gasteiger partial charge >= 0.3 is 5.97 Å². The fraction of sp³-hybridized carbons (Fsp3) is 0.438. The zero-order chi connectivity index (χ0) is 16.4. The molecule has 1 unspecified atom stereocenters. The van der Waals surface area contributed by atoms with Crippen LogP contribution in [0.1, 0.15) is 40.2 Å². The number of carbonyl (C=O) groups is 2. The van der Waals surface area contributed by atoms with Crippen LogP contribution in [0.5, 0.6) is 0 Å². The van der Waals surface area contributed by atoms with Crippen molar-refractivity contribution in [2.24, 2.45) is 10.7 Å². The average molecular weight is 333 g/mol. The van der Waals surface area contributed by atoms with Crippen LogP contribution in [0.4, 0.5) is 0 Å². The molecule has 1 atom stereocenters. The van der Waals surface area contributed by atoms with Crippen LogP contribution < -0.4 is 11.1 Å². The molecule has 0 saturated heterocycles. The molecule has 3 rings (SSSR count). The topological polar surface area (TPSA) is 93.8 Å². The summed E-state index contributed by atoms with van der Waals surface area (Å²) in [4.78, 5) is 29.4. The summed E-state index contributed by atoms with van der Waals surface area (Å²) in [5.41, 5.74) is 8.41. The number of hydrogen-bond acceptors (Lipinski definition) is 6. The number of thiophene rings is 1. The minimum Gasteiger partial charge on any atom is -0.465 e. The van der Waals surface area contributed by atoms with E-state index in [0.717, 1.165) is 41.1 Å². The number of methoxy groups -OCH3 is 1. The first-order chi connectivity index (χ1) is 11.1. The monoisotopic (exact) mass is 333 g/mol. The fourth-order valence-corrected chi connectivity index (χ4v) is 3.84. The maximum atomic E-state index is 12.0. The van der Waals surface area contributed by atoms with E-state index in [1.165, 1.54) is 18.4 Å². The second-order valence-corrected chi connectivity index (χ2v) is 6.85. The number of nitrogens with two attached hydrogens (primary N) is 1. The van der Waals surface area contributed by atoms with Gasteiger partial charge in [-0.2, -0.15) is 0 Å². The maximum absolute atomic E-state index is 12.0. The number of rotatable bonds is 5. The highest BCUT2D eigenvalue weighted by atomic mass is 32.1. The Labute approximate surface area is 138 Å². The molecule has 1 aromatic heterocycles. The molecule has 2 aliphatic rings. The predicted molar refractivity (Wildman–Crippen MR) is 88.4 cm³/mol. The number of amides is 1. The first-order valence-corrected chi connectivity index (χ1v) is 8.40. The molecule has 3 heterocycles. The van der Waals surface area contributed by atoms with Crippen LogP contribution in [0.3, 0.4) is 0 Å². The summed E-state index contributed by atoms with van der Waals surface area (Å²) >= 11 is 1.45. The average Bonchev–Trinajstić information content (AvgIpc) is 3.13. The van der Waals surface area contributed by atoms with Gasteiger partial charge in [0.05, 0.1) is 13.3 Å². The number of aryl methyl sites for hydroxylation is 1. The Kier molecular flexibility index (Phi) is 4.58. The number of hydrogen-bond donors (Lipinski definition) is 2. The maximum Gasteiger partial charge on any atom is 0.348 e. The van der Waals surface area contributed by atoms with Crippen molar-refractivity contribution in [1.29, 1.82) is 0 Å². The number of ether oxygens (including phenoxy) is 1. The molecule has 6 nitrogen and oxygen atoms in total. The first-order valence-electron chi connectivity index (χ1n) is 7.58. The number of nitrogens with zero attached hydrogens (tertiary/aromatic N) is 1. The molecule has 0 saturated carbocycles. The fourth-order valence-electron chi connectivity index (χ4n) is 2.87. The van der Waals surface area contributed by atoms with Crippen LogP contribution in [0.15, 0.2) is 28.4 Å². The van der Waals surface area contributed by atoms with Crippen LogP contribution in [0.2, 0.25) is 0 Å². The molecule has 23 heavy (non-hydrogen) atoms. The van der Waals surface area contributed by atoms with E-state index in [1.807, 2.05) is 6.07 Å². The highest BCUT2D eigenvalue weighted by Gasteiger charge is 2.29. The summed E-state index contributed by atoms with van der Waals surface area (Å²) in [6.45, 7) is 0. The van der Waals surface area contributed by atoms with Gasteiger partial charge < -0.3 is 15.8 Å². The van der Waals surface area contributed by atoms with E-state index in [9.17, 15) is 9.59 Å². The molecule has 3 N–H and O–H groups in total. The van der Waals surface area contributed by atoms with Crippen molar-refractivity contribution >= 4 is 28.9 Å². The molecule has 2 aliphatic heterocycles. The second-order valence-electron chi connectivity index (χ2n) is 5.68. The van der Waals surface area contributed by atoms with Gasteiger partial charge in [0.2, 0.25) is 0 Å². The van der Waals surface area contributed by atoms with E-state index in [-0.39, 0.29) is 18.0 Å². The van der Waals surface area contributed by atoms with Crippen molar-refractivity contribution < 1.29 is 14.3 Å². The second kappa shape index (κ2) is 6.64. The number of allylic oxidation sites excluding steroid dienone is 1. The Morgan fingerprint density at radius 2 is 2.30 bits per heavy atom. The Balaban J connectivity index is 1.52. The molecule has 0 aromatic carbocycles. The summed E-state index contributed by atoms with van der Waals surface area (Å²) in [6, 6.07) is 3.73. The van der Waals surface area contributed by atoms with Crippen molar-refractivity contribution in [2.75, 3.05) is 7.11 Å². The van der Waals surface area contributed by atoms with Gasteiger partial charge in [-0.05, 0) is 31.4 Å². The Bertz CT molecular complexity index is 705. The molecule has 0 radical (unpaired) electrons. The predicted octanol–water partition coefficient (Wildman–Crippen LogP) is 1.76. The summed E-state index contributed by atoms with van der Waals surface area (Å²) in [7, 11) is 1.38. The lowest BCUT2D eigenvalue weighted by Gasteiger charge is -2.14. The third-order valence-corrected chi connectivity index (χ3v) is 5.11. The summed E-state index contributed by atoms with van der Waals surface area (Å²) in [5.74, 6) is -0.447. The molecule has 0 bridgehead atoms. The van der Waals surface area contributed by atoms with Gasteiger partial charge in [0.25, 0.3) is 5.91 Å². The van der Waals surface area contributed by atoms with Crippen molar-refractivity contribution in [1.82, 2.24) is 5.32 Å². The van der Waals surface area contributed by atoms with Crippen LogP contribution in [-0.2, 0) is 16.0 Å². The molecule has 1 amide bonds. The smallest absolute Gasteiger partial charge is 0.348 e. The van der Waals surface area contributed by atoms with Gasteiger partial charge in [-0.1, -0.05) is 0 Å². The molecule has 7 heteroatoms. The van der Waals surface area contributed by atoms with Crippen LogP contribution in [-0.4, -0.2) is 30.9 Å². The first kappa shape index (κ1) is 15.9. The molecular formula is C16H19N3O3S. The molecule has 1 aromatic rings. The Morgan fingerprint density at radius 3 is 3.09 bits per heavy atom. The zero-order valence-electron chi connectivity index (χ0n) is 12.9. The van der Waals surface area contributed by atoms with Gasteiger partial charge in [0.15, 0.2) is 0 Å². The van der Waals surface area contributed by atoms with Gasteiger partial charge in [0, 0.05) is 34.7 Å². The summed E-state index contributed by atoms with van der Waals surface area (Å²) in [5, 5.41) is 3.15. The summed E-state index contributed by atoms with van der Waals surface area (Å²) < 4.78 is 4.70. The molecule has 0 aliphatic carbocycles. The number of aliphatic imine (C=N–C) groups is 1. The molecular weight excluding hydrogens is 314 g/mol. The van der Waals surface area contributed by atoms with Crippen molar-refractivity contribution in [3.63, 3.8) is 0 Å². The van der Waals surface area contributed by atoms with E-state index in [2.05, 4.69) is 10.3 Å². The van der Waals surface area contributed by atoms with E-state index in [4.69, 9.17) is 10.5 Å². The highest BCUT2D eigenvalue weighted by Crippen LogP contribution is 2.26. The van der Waals surface area contributed by atoms with Gasteiger partial charge in [-0.15, -0.1) is 11.3 Å². The van der Waals surface area contributed by atoms with E-state index in [0.29, 0.717) is 17.7 Å². The third kappa shape index (κ3) is 3.51. The standard InChI is InChI=1S/C16H19N3O3S/c1-22-16(21)13-6-5-10(23-13)4-2-3-9-7-12-11(15(20)18-9)8-14(17)19-12/h5-6,14,19H,2-4,7-8,17H2,1H3. The zero-order valence-corrected chi connectivity index (χ0v) is 13.7.